The molecule has 0 amide bonds. The van der Waals surface area contributed by atoms with E-state index >= 15 is 0 Å². The van der Waals surface area contributed by atoms with Crippen LogP contribution < -0.4 is 4.74 Å². The van der Waals surface area contributed by atoms with E-state index in [1.54, 1.807) is 0 Å². The lowest BCUT2D eigenvalue weighted by molar-refractivity contribution is 0.347. The largest absolute Gasteiger partial charge is 0.491 e. The summed E-state index contributed by atoms with van der Waals surface area (Å²) in [6, 6.07) is 2.06. The van der Waals surface area contributed by atoms with E-state index in [1.807, 2.05) is 6.20 Å². The molecule has 1 aromatic rings. The minimum atomic E-state index is 0.150. The number of ether oxygens (including phenoxy) is 1. The van der Waals surface area contributed by atoms with E-state index in [1.165, 1.54) is 5.56 Å². The van der Waals surface area contributed by atoms with Crippen molar-refractivity contribution < 1.29 is 4.74 Å². The Hall–Kier alpha value is -1.05. The Morgan fingerprint density at radius 1 is 1.38 bits per heavy atom. The smallest absolute Gasteiger partial charge is 0.144 e. The predicted molar refractivity (Wildman–Crippen MR) is 52.1 cm³/mol. The van der Waals surface area contributed by atoms with Gasteiger partial charge in [0, 0.05) is 18.2 Å². The van der Waals surface area contributed by atoms with Crippen LogP contribution in [-0.2, 0) is 11.8 Å². The summed E-state index contributed by atoms with van der Waals surface area (Å²) in [7, 11) is 0. The summed E-state index contributed by atoms with van der Waals surface area (Å²) in [5.74, 6) is 1.02. The second kappa shape index (κ2) is 2.72. The first-order valence-corrected chi connectivity index (χ1v) is 4.70. The predicted octanol–water partition coefficient (Wildman–Crippen LogP) is 2.31. The Labute approximate surface area is 78.9 Å². The standard InChI is InChI=1S/C11H15NO/c1-11(2,3)8-4-6-12-9-5-7-13-10(8)9/h4,6H,5,7H2,1-3H3. The van der Waals surface area contributed by atoms with Crippen LogP contribution in [0.15, 0.2) is 12.3 Å². The number of hydrogen-bond donors (Lipinski definition) is 0. The van der Waals surface area contributed by atoms with E-state index in [9.17, 15) is 0 Å². The zero-order valence-corrected chi connectivity index (χ0v) is 8.42. The highest BCUT2D eigenvalue weighted by Crippen LogP contribution is 2.35. The van der Waals surface area contributed by atoms with E-state index in [-0.39, 0.29) is 5.41 Å². The lowest BCUT2D eigenvalue weighted by atomic mass is 9.86. The van der Waals surface area contributed by atoms with Crippen molar-refractivity contribution in [3.05, 3.63) is 23.5 Å². The minimum Gasteiger partial charge on any atom is -0.491 e. The average molecular weight is 177 g/mol. The Balaban J connectivity index is 2.54. The third-order valence-electron chi connectivity index (χ3n) is 2.37. The number of nitrogens with zero attached hydrogens (tertiary/aromatic N) is 1. The quantitative estimate of drug-likeness (QED) is 0.606. The summed E-state index contributed by atoms with van der Waals surface area (Å²) in [4.78, 5) is 4.31. The zero-order chi connectivity index (χ0) is 9.47. The van der Waals surface area contributed by atoms with Crippen molar-refractivity contribution in [3.63, 3.8) is 0 Å². The van der Waals surface area contributed by atoms with Gasteiger partial charge in [-0.3, -0.25) is 4.98 Å². The molecule has 1 aliphatic heterocycles. The second-order valence-corrected chi connectivity index (χ2v) is 4.48. The van der Waals surface area contributed by atoms with Crippen molar-refractivity contribution in [1.29, 1.82) is 0 Å². The summed E-state index contributed by atoms with van der Waals surface area (Å²) in [5, 5.41) is 0. The third-order valence-corrected chi connectivity index (χ3v) is 2.37. The van der Waals surface area contributed by atoms with Gasteiger partial charge in [0.25, 0.3) is 0 Å². The van der Waals surface area contributed by atoms with E-state index in [2.05, 4.69) is 31.8 Å². The second-order valence-electron chi connectivity index (χ2n) is 4.48. The Kier molecular flexibility index (Phi) is 1.79. The molecule has 2 rings (SSSR count). The number of aromatic nitrogens is 1. The molecule has 0 fully saturated rings. The maximum Gasteiger partial charge on any atom is 0.144 e. The normalized spacial score (nSPS) is 15.3. The lowest BCUT2D eigenvalue weighted by Gasteiger charge is -2.21. The van der Waals surface area contributed by atoms with Crippen LogP contribution >= 0.6 is 0 Å². The molecule has 0 unspecified atom stereocenters. The number of fused-ring (bicyclic) bond motifs is 1. The van der Waals surface area contributed by atoms with Gasteiger partial charge in [-0.05, 0) is 11.5 Å². The van der Waals surface area contributed by atoms with Gasteiger partial charge in [0.1, 0.15) is 5.75 Å². The summed E-state index contributed by atoms with van der Waals surface area (Å²) in [6.45, 7) is 7.38. The number of pyridine rings is 1. The van der Waals surface area contributed by atoms with Gasteiger partial charge < -0.3 is 4.74 Å². The van der Waals surface area contributed by atoms with Crippen LogP contribution in [-0.4, -0.2) is 11.6 Å². The molecule has 0 saturated heterocycles. The first-order chi connectivity index (χ1) is 6.09. The molecule has 2 nitrogen and oxygen atoms in total. The Morgan fingerprint density at radius 2 is 2.15 bits per heavy atom. The van der Waals surface area contributed by atoms with Gasteiger partial charge in [0.2, 0.25) is 0 Å². The van der Waals surface area contributed by atoms with Crippen LogP contribution in [0.1, 0.15) is 32.0 Å². The molecular formula is C11H15NO. The average Bonchev–Trinajstić information content (AvgIpc) is 2.48. The van der Waals surface area contributed by atoms with Crippen molar-refractivity contribution >= 4 is 0 Å². The monoisotopic (exact) mass is 177 g/mol. The molecule has 2 heteroatoms. The topological polar surface area (TPSA) is 22.1 Å². The number of hydrogen-bond acceptors (Lipinski definition) is 2. The van der Waals surface area contributed by atoms with E-state index in [0.29, 0.717) is 0 Å². The van der Waals surface area contributed by atoms with Crippen LogP contribution in [0.25, 0.3) is 0 Å². The highest BCUT2D eigenvalue weighted by atomic mass is 16.5. The Morgan fingerprint density at radius 3 is 2.85 bits per heavy atom. The summed E-state index contributed by atoms with van der Waals surface area (Å²) >= 11 is 0. The Bertz CT molecular complexity index is 325. The lowest BCUT2D eigenvalue weighted by Crippen LogP contribution is -2.12. The highest BCUT2D eigenvalue weighted by Gasteiger charge is 2.24. The summed E-state index contributed by atoms with van der Waals surface area (Å²) in [5.41, 5.74) is 2.54. The van der Waals surface area contributed by atoms with Crippen LogP contribution in [0.5, 0.6) is 5.75 Å². The highest BCUT2D eigenvalue weighted by molar-refractivity contribution is 5.43. The molecule has 0 aliphatic carbocycles. The van der Waals surface area contributed by atoms with Gasteiger partial charge in [0.05, 0.1) is 12.3 Å². The van der Waals surface area contributed by atoms with E-state index in [0.717, 1.165) is 24.5 Å². The molecule has 1 aliphatic rings. The van der Waals surface area contributed by atoms with Crippen molar-refractivity contribution in [2.75, 3.05) is 6.61 Å². The first kappa shape index (κ1) is 8.54. The molecule has 0 saturated carbocycles. The fraction of sp³-hybridized carbons (Fsp3) is 0.545. The molecule has 1 aromatic heterocycles. The number of rotatable bonds is 0. The molecule has 0 spiro atoms. The summed E-state index contributed by atoms with van der Waals surface area (Å²) in [6.07, 6.45) is 2.84. The maximum atomic E-state index is 5.59. The summed E-state index contributed by atoms with van der Waals surface area (Å²) < 4.78 is 5.59. The van der Waals surface area contributed by atoms with E-state index in [4.69, 9.17) is 4.74 Å². The fourth-order valence-electron chi connectivity index (χ4n) is 1.67. The minimum absolute atomic E-state index is 0.150. The van der Waals surface area contributed by atoms with Gasteiger partial charge in [-0.15, -0.1) is 0 Å². The molecule has 0 N–H and O–H groups in total. The molecule has 70 valence electrons. The van der Waals surface area contributed by atoms with Gasteiger partial charge in [-0.2, -0.15) is 0 Å². The SMILES string of the molecule is CC(C)(C)c1ccnc2c1OCC2. The van der Waals surface area contributed by atoms with Crippen LogP contribution in [0.3, 0.4) is 0 Å². The van der Waals surface area contributed by atoms with Crippen molar-refractivity contribution in [2.24, 2.45) is 0 Å². The van der Waals surface area contributed by atoms with Gasteiger partial charge in [-0.25, -0.2) is 0 Å². The molecule has 2 heterocycles. The van der Waals surface area contributed by atoms with Crippen molar-refractivity contribution in [1.82, 2.24) is 4.98 Å². The van der Waals surface area contributed by atoms with Crippen LogP contribution in [0, 0.1) is 0 Å². The van der Waals surface area contributed by atoms with Crippen molar-refractivity contribution in [2.45, 2.75) is 32.6 Å². The van der Waals surface area contributed by atoms with Crippen molar-refractivity contribution in [3.8, 4) is 5.75 Å². The molecule has 0 aromatic carbocycles. The maximum absolute atomic E-state index is 5.59. The van der Waals surface area contributed by atoms with Gasteiger partial charge in [0.15, 0.2) is 0 Å². The molecule has 13 heavy (non-hydrogen) atoms. The third kappa shape index (κ3) is 1.41. The van der Waals surface area contributed by atoms with E-state index < -0.39 is 0 Å². The van der Waals surface area contributed by atoms with Crippen LogP contribution in [0.2, 0.25) is 0 Å². The van der Waals surface area contributed by atoms with Crippen LogP contribution in [0.4, 0.5) is 0 Å². The molecular weight excluding hydrogens is 162 g/mol. The van der Waals surface area contributed by atoms with Gasteiger partial charge in [-0.1, -0.05) is 20.8 Å². The fourth-order valence-corrected chi connectivity index (χ4v) is 1.67. The molecule has 0 radical (unpaired) electrons. The molecule has 0 atom stereocenters. The first-order valence-electron chi connectivity index (χ1n) is 4.70. The molecule has 0 bridgehead atoms. The van der Waals surface area contributed by atoms with Gasteiger partial charge >= 0.3 is 0 Å². The zero-order valence-electron chi connectivity index (χ0n) is 8.42.